The number of halogens is 1. The number of rotatable bonds is 7. The molecule has 1 aromatic carbocycles. The van der Waals surface area contributed by atoms with Crippen LogP contribution in [0.2, 0.25) is 0 Å². The molecule has 2 rings (SSSR count). The van der Waals surface area contributed by atoms with E-state index >= 15 is 0 Å². The normalized spacial score (nSPS) is 21.6. The zero-order valence-electron chi connectivity index (χ0n) is 12.7. The van der Waals surface area contributed by atoms with Gasteiger partial charge in [0.1, 0.15) is 5.75 Å². The first-order valence-electron chi connectivity index (χ1n) is 7.09. The second-order valence-corrected chi connectivity index (χ2v) is 8.06. The molecule has 2 atom stereocenters. The van der Waals surface area contributed by atoms with Gasteiger partial charge < -0.3 is 4.74 Å². The molecule has 1 saturated carbocycles. The van der Waals surface area contributed by atoms with Crippen molar-refractivity contribution in [2.75, 3.05) is 26.6 Å². The fourth-order valence-electron chi connectivity index (χ4n) is 2.48. The Hall–Kier alpha value is -0.780. The Morgan fingerprint density at radius 3 is 2.62 bits per heavy atom. The molecule has 1 aromatic rings. The summed E-state index contributed by atoms with van der Waals surface area (Å²) in [5, 5.41) is 0. The first-order chi connectivity index (χ1) is 9.90. The lowest BCUT2D eigenvalue weighted by Gasteiger charge is -2.19. The second-order valence-electron chi connectivity index (χ2n) is 5.67. The predicted octanol–water partition coefficient (Wildman–Crippen LogP) is 2.75. The number of hydrogen-bond donors (Lipinski definition) is 0. The van der Waals surface area contributed by atoms with Crippen LogP contribution in [0.5, 0.6) is 5.75 Å². The molecule has 0 aromatic heterocycles. The molecular formula is C15H22ClNO3S. The van der Waals surface area contributed by atoms with E-state index in [1.54, 1.807) is 32.4 Å². The Labute approximate surface area is 132 Å². The monoisotopic (exact) mass is 331 g/mol. The van der Waals surface area contributed by atoms with Gasteiger partial charge in [-0.1, -0.05) is 6.92 Å². The average molecular weight is 332 g/mol. The van der Waals surface area contributed by atoms with Gasteiger partial charge >= 0.3 is 0 Å². The first-order valence-corrected chi connectivity index (χ1v) is 9.06. The maximum absolute atomic E-state index is 12.7. The van der Waals surface area contributed by atoms with E-state index in [9.17, 15) is 8.42 Å². The third-order valence-corrected chi connectivity index (χ3v) is 6.20. The summed E-state index contributed by atoms with van der Waals surface area (Å²) in [5.74, 6) is 2.13. The lowest BCUT2D eigenvalue weighted by molar-refractivity contribution is 0.413. The number of ether oxygens (including phenoxy) is 1. The minimum absolute atomic E-state index is 0.333. The molecule has 0 radical (unpaired) electrons. The van der Waals surface area contributed by atoms with Crippen LogP contribution in [0.1, 0.15) is 18.9 Å². The number of sulfonamides is 1. The van der Waals surface area contributed by atoms with Crippen LogP contribution in [-0.4, -0.2) is 39.3 Å². The topological polar surface area (TPSA) is 46.6 Å². The number of aryl methyl sites for hydroxylation is 1. The van der Waals surface area contributed by atoms with Crippen LogP contribution >= 0.6 is 11.6 Å². The average Bonchev–Trinajstić information content (AvgIpc) is 3.14. The van der Waals surface area contributed by atoms with Crippen molar-refractivity contribution in [3.63, 3.8) is 0 Å². The van der Waals surface area contributed by atoms with Gasteiger partial charge in [0.05, 0.1) is 12.0 Å². The summed E-state index contributed by atoms with van der Waals surface area (Å²) < 4.78 is 32.1. The van der Waals surface area contributed by atoms with Crippen molar-refractivity contribution in [2.24, 2.45) is 11.8 Å². The molecule has 4 nitrogen and oxygen atoms in total. The highest BCUT2D eigenvalue weighted by atomic mass is 35.5. The summed E-state index contributed by atoms with van der Waals surface area (Å²) in [6.45, 7) is 2.73. The van der Waals surface area contributed by atoms with Crippen molar-refractivity contribution in [1.82, 2.24) is 4.31 Å². The molecule has 2 unspecified atom stereocenters. The van der Waals surface area contributed by atoms with Crippen LogP contribution in [0, 0.1) is 11.8 Å². The highest BCUT2D eigenvalue weighted by molar-refractivity contribution is 7.89. The zero-order valence-corrected chi connectivity index (χ0v) is 14.2. The van der Waals surface area contributed by atoms with E-state index in [4.69, 9.17) is 16.3 Å². The molecule has 118 valence electrons. The van der Waals surface area contributed by atoms with Gasteiger partial charge in [-0.2, -0.15) is 0 Å². The van der Waals surface area contributed by atoms with Crippen molar-refractivity contribution in [3.05, 3.63) is 23.8 Å². The molecule has 0 saturated heterocycles. The minimum Gasteiger partial charge on any atom is -0.497 e. The molecule has 0 N–H and O–H groups in total. The predicted molar refractivity (Wildman–Crippen MR) is 84.5 cm³/mol. The SMILES string of the molecule is COc1ccc(S(=O)(=O)N(C)CC2CC2C)c(CCCl)c1. The summed E-state index contributed by atoms with van der Waals surface area (Å²) in [6.07, 6.45) is 1.61. The molecule has 0 heterocycles. The maximum Gasteiger partial charge on any atom is 0.243 e. The fraction of sp³-hybridized carbons (Fsp3) is 0.600. The third-order valence-electron chi connectivity index (χ3n) is 4.09. The quantitative estimate of drug-likeness (QED) is 0.722. The van der Waals surface area contributed by atoms with Crippen molar-refractivity contribution in [1.29, 1.82) is 0 Å². The molecule has 0 amide bonds. The number of nitrogens with zero attached hydrogens (tertiary/aromatic N) is 1. The minimum atomic E-state index is -3.48. The number of alkyl halides is 1. The third kappa shape index (κ3) is 3.71. The molecule has 1 fully saturated rings. The van der Waals surface area contributed by atoms with Crippen molar-refractivity contribution in [2.45, 2.75) is 24.7 Å². The maximum atomic E-state index is 12.7. The number of benzene rings is 1. The number of methoxy groups -OCH3 is 1. The molecule has 6 heteroatoms. The van der Waals surface area contributed by atoms with Gasteiger partial charge in [-0.25, -0.2) is 12.7 Å². The second kappa shape index (κ2) is 6.55. The smallest absolute Gasteiger partial charge is 0.243 e. The Morgan fingerprint density at radius 2 is 2.10 bits per heavy atom. The first kappa shape index (κ1) is 16.6. The van der Waals surface area contributed by atoms with E-state index in [0.717, 1.165) is 6.42 Å². The van der Waals surface area contributed by atoms with E-state index < -0.39 is 10.0 Å². The molecule has 0 bridgehead atoms. The Bertz CT molecular complexity index is 603. The van der Waals surface area contributed by atoms with Gasteiger partial charge in [0.25, 0.3) is 0 Å². The van der Waals surface area contributed by atoms with Crippen LogP contribution in [-0.2, 0) is 16.4 Å². The lowest BCUT2D eigenvalue weighted by Crippen LogP contribution is -2.30. The van der Waals surface area contributed by atoms with Crippen molar-refractivity contribution < 1.29 is 13.2 Å². The van der Waals surface area contributed by atoms with Crippen LogP contribution in [0.25, 0.3) is 0 Å². The van der Waals surface area contributed by atoms with Gasteiger partial charge in [0.15, 0.2) is 0 Å². The van der Waals surface area contributed by atoms with Crippen LogP contribution in [0.15, 0.2) is 23.1 Å². The van der Waals surface area contributed by atoms with Crippen molar-refractivity contribution in [3.8, 4) is 5.75 Å². The standard InChI is InChI=1S/C15H22ClNO3S/c1-11-8-13(11)10-17(2)21(18,19)15-5-4-14(20-3)9-12(15)6-7-16/h4-5,9,11,13H,6-8,10H2,1-3H3. The molecule has 0 spiro atoms. The summed E-state index contributed by atoms with van der Waals surface area (Å²) in [5.41, 5.74) is 0.708. The molecule has 21 heavy (non-hydrogen) atoms. The Kier molecular flexibility index (Phi) is 5.17. The molecular weight excluding hydrogens is 310 g/mol. The van der Waals surface area contributed by atoms with Gasteiger partial charge in [0, 0.05) is 19.5 Å². The summed E-state index contributed by atoms with van der Waals surface area (Å²) in [7, 11) is -0.264. The largest absolute Gasteiger partial charge is 0.497 e. The van der Waals surface area contributed by atoms with Crippen LogP contribution in [0.3, 0.4) is 0 Å². The highest BCUT2D eigenvalue weighted by Crippen LogP contribution is 2.39. The Morgan fingerprint density at radius 1 is 1.43 bits per heavy atom. The summed E-state index contributed by atoms with van der Waals surface area (Å²) in [6, 6.07) is 5.05. The zero-order chi connectivity index (χ0) is 15.6. The highest BCUT2D eigenvalue weighted by Gasteiger charge is 2.36. The fourth-order valence-corrected chi connectivity index (χ4v) is 4.14. The van der Waals surface area contributed by atoms with Gasteiger partial charge in [-0.05, 0) is 48.4 Å². The number of hydrogen-bond acceptors (Lipinski definition) is 3. The van der Waals surface area contributed by atoms with Crippen LogP contribution < -0.4 is 4.74 Å². The van der Waals surface area contributed by atoms with E-state index in [1.807, 2.05) is 0 Å². The van der Waals surface area contributed by atoms with Gasteiger partial charge in [-0.15, -0.1) is 11.6 Å². The molecule has 1 aliphatic rings. The summed E-state index contributed by atoms with van der Waals surface area (Å²) >= 11 is 5.80. The molecule has 1 aliphatic carbocycles. The van der Waals surface area contributed by atoms with E-state index in [0.29, 0.717) is 46.9 Å². The van der Waals surface area contributed by atoms with E-state index in [2.05, 4.69) is 6.92 Å². The summed E-state index contributed by atoms with van der Waals surface area (Å²) in [4.78, 5) is 0.333. The van der Waals surface area contributed by atoms with E-state index in [1.165, 1.54) is 4.31 Å². The Balaban J connectivity index is 2.29. The van der Waals surface area contributed by atoms with Crippen LogP contribution in [0.4, 0.5) is 0 Å². The lowest BCUT2D eigenvalue weighted by atomic mass is 10.1. The molecule has 0 aliphatic heterocycles. The van der Waals surface area contributed by atoms with Gasteiger partial charge in [-0.3, -0.25) is 0 Å². The van der Waals surface area contributed by atoms with Crippen molar-refractivity contribution >= 4 is 21.6 Å². The van der Waals surface area contributed by atoms with E-state index in [-0.39, 0.29) is 0 Å². The van der Waals surface area contributed by atoms with Gasteiger partial charge in [0.2, 0.25) is 10.0 Å².